The molecule has 43 heavy (non-hydrogen) atoms. The maximum atomic E-state index is 13.0. The second-order valence-corrected chi connectivity index (χ2v) is 12.1. The summed E-state index contributed by atoms with van der Waals surface area (Å²) in [5.41, 5.74) is 1.29. The Bertz CT molecular complexity index is 1740. The van der Waals surface area contributed by atoms with Gasteiger partial charge in [0.1, 0.15) is 17.3 Å². The zero-order valence-corrected chi connectivity index (χ0v) is 23.9. The number of amides is 2. The molecule has 0 atom stereocenters. The topological polar surface area (TPSA) is 136 Å². The smallest absolute Gasteiger partial charge is 0.272 e. The zero-order valence-electron chi connectivity index (χ0n) is 23.1. The number of benzene rings is 2. The van der Waals surface area contributed by atoms with Crippen LogP contribution in [0, 0.1) is 11.7 Å². The number of Topliss-reactive ketones (excluding diaryl/α,β-unsaturated/α-hetero) is 1. The second-order valence-electron chi connectivity index (χ2n) is 10.1. The van der Waals surface area contributed by atoms with Crippen molar-refractivity contribution in [1.29, 1.82) is 0 Å². The molecule has 5 rings (SSSR count). The highest BCUT2D eigenvalue weighted by Gasteiger charge is 2.29. The number of pyridine rings is 2. The highest BCUT2D eigenvalue weighted by molar-refractivity contribution is 7.90. The summed E-state index contributed by atoms with van der Waals surface area (Å²) in [4.78, 5) is 48.7. The number of hydrogen-bond donors (Lipinski definition) is 1. The molecule has 0 aliphatic carbocycles. The van der Waals surface area contributed by atoms with Crippen LogP contribution in [-0.4, -0.2) is 60.2 Å². The van der Waals surface area contributed by atoms with Crippen molar-refractivity contribution in [2.24, 2.45) is 5.92 Å². The van der Waals surface area contributed by atoms with E-state index in [1.807, 2.05) is 0 Å². The van der Waals surface area contributed by atoms with E-state index in [-0.39, 0.29) is 45.5 Å². The van der Waals surface area contributed by atoms with E-state index in [9.17, 15) is 27.2 Å². The Labute approximate surface area is 247 Å². The van der Waals surface area contributed by atoms with Crippen molar-refractivity contribution in [1.82, 2.24) is 14.9 Å². The predicted molar refractivity (Wildman–Crippen MR) is 155 cm³/mol. The van der Waals surface area contributed by atoms with Crippen molar-refractivity contribution < 1.29 is 31.9 Å². The Balaban J connectivity index is 1.12. The first kappa shape index (κ1) is 29.5. The van der Waals surface area contributed by atoms with E-state index in [1.165, 1.54) is 73.1 Å². The van der Waals surface area contributed by atoms with Gasteiger partial charge in [-0.15, -0.1) is 0 Å². The summed E-state index contributed by atoms with van der Waals surface area (Å²) in [7, 11) is -3.35. The first-order valence-corrected chi connectivity index (χ1v) is 15.3. The van der Waals surface area contributed by atoms with Gasteiger partial charge in [-0.2, -0.15) is 0 Å². The number of piperidine rings is 1. The number of rotatable bonds is 8. The molecule has 220 valence electrons. The average Bonchev–Trinajstić information content (AvgIpc) is 3.02. The van der Waals surface area contributed by atoms with Crippen molar-refractivity contribution in [2.45, 2.75) is 17.7 Å². The number of nitrogens with zero attached hydrogens (tertiary/aromatic N) is 3. The van der Waals surface area contributed by atoms with Crippen LogP contribution in [0.2, 0.25) is 0 Å². The predicted octanol–water partition coefficient (Wildman–Crippen LogP) is 4.80. The fourth-order valence-electron chi connectivity index (χ4n) is 4.60. The van der Waals surface area contributed by atoms with E-state index in [0.29, 0.717) is 42.9 Å². The van der Waals surface area contributed by atoms with E-state index < -0.39 is 15.7 Å². The van der Waals surface area contributed by atoms with Crippen molar-refractivity contribution in [3.8, 4) is 11.6 Å². The fraction of sp³-hybridized carbons (Fsp3) is 0.194. The number of carbonyl (C=O) groups is 3. The van der Waals surface area contributed by atoms with Gasteiger partial charge in [-0.1, -0.05) is 12.1 Å². The molecule has 10 nitrogen and oxygen atoms in total. The quantitative estimate of drug-likeness (QED) is 0.284. The third kappa shape index (κ3) is 7.28. The molecular weight excluding hydrogens is 575 g/mol. The van der Waals surface area contributed by atoms with Gasteiger partial charge < -0.3 is 15.0 Å². The van der Waals surface area contributed by atoms with Crippen LogP contribution in [0.1, 0.15) is 44.0 Å². The Morgan fingerprint density at radius 1 is 0.860 bits per heavy atom. The highest BCUT2D eigenvalue weighted by atomic mass is 32.2. The molecule has 1 N–H and O–H groups in total. The Kier molecular flexibility index (Phi) is 8.58. The molecule has 0 spiro atoms. The van der Waals surface area contributed by atoms with Gasteiger partial charge in [0.05, 0.1) is 22.3 Å². The van der Waals surface area contributed by atoms with Gasteiger partial charge >= 0.3 is 0 Å². The number of likely N-dealkylation sites (tertiary alicyclic amines) is 1. The van der Waals surface area contributed by atoms with Crippen LogP contribution < -0.4 is 10.1 Å². The standard InChI is InChI=1S/C31H27FN4O6S/c1-43(40,41)26-10-2-20(3-11-26)29(37)21-14-16-36(17-15-21)31(39)27-12-4-22(18-33-27)30(38)35-24-7-13-28(34-19-24)42-25-8-5-23(32)6-9-25/h2-13,18-19,21H,14-17H2,1H3,(H,35,38). The van der Waals surface area contributed by atoms with Crippen LogP contribution in [0.3, 0.4) is 0 Å². The summed E-state index contributed by atoms with van der Waals surface area (Å²) >= 11 is 0. The number of sulfone groups is 1. The minimum absolute atomic E-state index is 0.0779. The van der Waals surface area contributed by atoms with Gasteiger partial charge in [-0.05, 0) is 67.4 Å². The molecule has 1 aliphatic heterocycles. The number of anilines is 1. The summed E-state index contributed by atoms with van der Waals surface area (Å²) in [6, 6.07) is 17.5. The number of aromatic nitrogens is 2. The number of ether oxygens (including phenoxy) is 1. The summed E-state index contributed by atoms with van der Waals surface area (Å²) in [6.45, 7) is 0.739. The average molecular weight is 603 g/mol. The number of halogens is 1. The van der Waals surface area contributed by atoms with Crippen LogP contribution >= 0.6 is 0 Å². The van der Waals surface area contributed by atoms with Crippen molar-refractivity contribution in [3.63, 3.8) is 0 Å². The van der Waals surface area contributed by atoms with E-state index in [4.69, 9.17) is 4.74 Å². The lowest BCUT2D eigenvalue weighted by molar-refractivity contribution is 0.0645. The molecule has 1 aliphatic rings. The summed E-state index contributed by atoms with van der Waals surface area (Å²) in [5.74, 6) is -0.775. The zero-order chi connectivity index (χ0) is 30.6. The van der Waals surface area contributed by atoms with Crippen LogP contribution in [0.5, 0.6) is 11.6 Å². The minimum Gasteiger partial charge on any atom is -0.439 e. The lowest BCUT2D eigenvalue weighted by atomic mass is 9.89. The fourth-order valence-corrected chi connectivity index (χ4v) is 5.24. The molecule has 1 saturated heterocycles. The molecular formula is C31H27FN4O6S. The lowest BCUT2D eigenvalue weighted by Gasteiger charge is -2.31. The van der Waals surface area contributed by atoms with Crippen LogP contribution in [-0.2, 0) is 9.84 Å². The van der Waals surface area contributed by atoms with Crippen LogP contribution in [0.15, 0.2) is 90.1 Å². The van der Waals surface area contributed by atoms with Crippen LogP contribution in [0.25, 0.3) is 0 Å². The first-order valence-electron chi connectivity index (χ1n) is 13.4. The third-order valence-electron chi connectivity index (χ3n) is 7.00. The summed E-state index contributed by atoms with van der Waals surface area (Å²) in [5, 5.41) is 2.70. The molecule has 0 unspecified atom stereocenters. The van der Waals surface area contributed by atoms with E-state index in [0.717, 1.165) is 6.26 Å². The molecule has 0 saturated carbocycles. The Morgan fingerprint density at radius 2 is 1.53 bits per heavy atom. The minimum atomic E-state index is -3.35. The van der Waals surface area contributed by atoms with Crippen molar-refractivity contribution in [2.75, 3.05) is 24.7 Å². The lowest BCUT2D eigenvalue weighted by Crippen LogP contribution is -2.40. The maximum absolute atomic E-state index is 13.0. The van der Waals surface area contributed by atoms with Gasteiger partial charge in [-0.3, -0.25) is 19.4 Å². The largest absolute Gasteiger partial charge is 0.439 e. The molecule has 0 bridgehead atoms. The van der Waals surface area contributed by atoms with Gasteiger partial charge in [0, 0.05) is 43.1 Å². The van der Waals surface area contributed by atoms with Gasteiger partial charge in [0.25, 0.3) is 11.8 Å². The number of carbonyl (C=O) groups excluding carboxylic acids is 3. The first-order chi connectivity index (χ1) is 20.6. The monoisotopic (exact) mass is 602 g/mol. The Hall–Kier alpha value is -4.97. The number of ketones is 1. The summed E-state index contributed by atoms with van der Waals surface area (Å²) < 4.78 is 41.9. The molecule has 1 fully saturated rings. The number of hydrogen-bond acceptors (Lipinski definition) is 8. The molecule has 12 heteroatoms. The van der Waals surface area contributed by atoms with Gasteiger partial charge in [-0.25, -0.2) is 17.8 Å². The SMILES string of the molecule is CS(=O)(=O)c1ccc(C(=O)C2CCN(C(=O)c3ccc(C(=O)Nc4ccc(Oc5ccc(F)cc5)nc4)cn3)CC2)cc1. The summed E-state index contributed by atoms with van der Waals surface area (Å²) in [6.07, 6.45) is 4.79. The highest BCUT2D eigenvalue weighted by Crippen LogP contribution is 2.24. The van der Waals surface area contributed by atoms with Crippen molar-refractivity contribution >= 4 is 33.1 Å². The molecule has 2 aromatic heterocycles. The third-order valence-corrected chi connectivity index (χ3v) is 8.12. The van der Waals surface area contributed by atoms with E-state index >= 15 is 0 Å². The van der Waals surface area contributed by atoms with Crippen molar-refractivity contribution in [3.05, 3.63) is 108 Å². The Morgan fingerprint density at radius 3 is 2.12 bits per heavy atom. The van der Waals surface area contributed by atoms with E-state index in [2.05, 4.69) is 15.3 Å². The second kappa shape index (κ2) is 12.5. The van der Waals surface area contributed by atoms with Crippen LogP contribution in [0.4, 0.5) is 10.1 Å². The van der Waals surface area contributed by atoms with Gasteiger partial charge in [0.15, 0.2) is 15.6 Å². The molecule has 3 heterocycles. The van der Waals surface area contributed by atoms with E-state index in [1.54, 1.807) is 17.0 Å². The molecule has 2 aromatic carbocycles. The number of nitrogens with one attached hydrogen (secondary N) is 1. The molecule has 0 radical (unpaired) electrons. The van der Waals surface area contributed by atoms with Gasteiger partial charge in [0.2, 0.25) is 5.88 Å². The maximum Gasteiger partial charge on any atom is 0.272 e. The molecule has 4 aromatic rings. The normalized spacial score (nSPS) is 13.8. The molecule has 2 amide bonds.